The maximum absolute atomic E-state index is 11.0. The van der Waals surface area contributed by atoms with E-state index in [1.165, 1.54) is 11.0 Å². The maximum Gasteiger partial charge on any atom is 0.374 e. The topological polar surface area (TPSA) is 103 Å². The minimum Gasteiger partial charge on any atom is -0.475 e. The first-order valence-electron chi connectivity index (χ1n) is 5.67. The van der Waals surface area contributed by atoms with Crippen molar-refractivity contribution in [2.24, 2.45) is 7.05 Å². The van der Waals surface area contributed by atoms with Gasteiger partial charge >= 0.3 is 12.0 Å². The number of benzene rings is 1. The molecule has 0 atom stereocenters. The largest absolute Gasteiger partial charge is 0.475 e. The number of fused-ring (bicyclic) bond motifs is 1. The van der Waals surface area contributed by atoms with Gasteiger partial charge < -0.3 is 9.84 Å². The first-order valence-corrected chi connectivity index (χ1v) is 5.67. The zero-order valence-electron chi connectivity index (χ0n) is 10.4. The molecule has 0 unspecified atom stereocenters. The van der Waals surface area contributed by atoms with Crippen LogP contribution >= 0.6 is 0 Å². The van der Waals surface area contributed by atoms with E-state index in [4.69, 9.17) is 9.84 Å². The molecule has 0 spiro atoms. The molecular formula is C12H9N5O3. The smallest absolute Gasteiger partial charge is 0.374 e. The van der Waals surface area contributed by atoms with Crippen LogP contribution < -0.4 is 4.74 Å². The molecule has 0 bridgehead atoms. The number of para-hydroxylation sites is 1. The van der Waals surface area contributed by atoms with E-state index in [0.717, 1.165) is 0 Å². The molecule has 0 radical (unpaired) electrons. The highest BCUT2D eigenvalue weighted by molar-refractivity contribution is 5.90. The molecule has 0 amide bonds. The maximum atomic E-state index is 11.0. The number of aromatic carboxylic acids is 1. The molecule has 0 saturated heterocycles. The number of aromatic nitrogens is 5. The van der Waals surface area contributed by atoms with Gasteiger partial charge in [0.05, 0.1) is 10.9 Å². The standard InChI is InChI=1S/C12H9N5O3/c1-17-6-13-12(16-17)20-10-7-4-2-3-5-8(7)14-9(15-10)11(18)19/h2-6H,1H3,(H,18,19). The Morgan fingerprint density at radius 3 is 2.80 bits per heavy atom. The zero-order valence-corrected chi connectivity index (χ0v) is 10.4. The molecule has 0 saturated carbocycles. The van der Waals surface area contributed by atoms with Crippen LogP contribution in [0.5, 0.6) is 11.9 Å². The Labute approximate surface area is 112 Å². The molecular weight excluding hydrogens is 262 g/mol. The van der Waals surface area contributed by atoms with Crippen LogP contribution in [0.2, 0.25) is 0 Å². The Morgan fingerprint density at radius 2 is 2.10 bits per heavy atom. The number of rotatable bonds is 3. The summed E-state index contributed by atoms with van der Waals surface area (Å²) in [4.78, 5) is 22.8. The Bertz CT molecular complexity index is 799. The molecule has 0 aliphatic carbocycles. The van der Waals surface area contributed by atoms with Crippen molar-refractivity contribution in [1.29, 1.82) is 0 Å². The molecule has 8 heteroatoms. The van der Waals surface area contributed by atoms with Gasteiger partial charge in [-0.25, -0.2) is 9.78 Å². The van der Waals surface area contributed by atoms with Gasteiger partial charge in [-0.05, 0) is 12.1 Å². The van der Waals surface area contributed by atoms with Gasteiger partial charge in [0, 0.05) is 7.05 Å². The molecule has 0 fully saturated rings. The van der Waals surface area contributed by atoms with Crippen molar-refractivity contribution in [3.63, 3.8) is 0 Å². The highest BCUT2D eigenvalue weighted by Crippen LogP contribution is 2.25. The van der Waals surface area contributed by atoms with Gasteiger partial charge in [0.2, 0.25) is 11.7 Å². The zero-order chi connectivity index (χ0) is 14.1. The van der Waals surface area contributed by atoms with E-state index in [9.17, 15) is 4.79 Å². The normalized spacial score (nSPS) is 10.7. The fourth-order valence-corrected chi connectivity index (χ4v) is 1.67. The summed E-state index contributed by atoms with van der Waals surface area (Å²) in [6.45, 7) is 0. The molecule has 1 N–H and O–H groups in total. The fraction of sp³-hybridized carbons (Fsp3) is 0.0833. The molecule has 2 aromatic heterocycles. The van der Waals surface area contributed by atoms with Gasteiger partial charge in [0.25, 0.3) is 0 Å². The molecule has 3 aromatic rings. The summed E-state index contributed by atoms with van der Waals surface area (Å²) in [6.07, 6.45) is 1.47. The minimum atomic E-state index is -1.23. The molecule has 20 heavy (non-hydrogen) atoms. The van der Waals surface area contributed by atoms with E-state index >= 15 is 0 Å². The Morgan fingerprint density at radius 1 is 1.30 bits per heavy atom. The van der Waals surface area contributed by atoms with Gasteiger partial charge in [-0.15, -0.1) is 5.10 Å². The summed E-state index contributed by atoms with van der Waals surface area (Å²) < 4.78 is 6.91. The van der Waals surface area contributed by atoms with E-state index in [2.05, 4.69) is 20.1 Å². The molecule has 0 aliphatic rings. The quantitative estimate of drug-likeness (QED) is 0.764. The summed E-state index contributed by atoms with van der Waals surface area (Å²) in [6, 6.07) is 7.04. The average molecular weight is 271 g/mol. The second kappa shape index (κ2) is 4.57. The molecule has 0 aliphatic heterocycles. The van der Waals surface area contributed by atoms with Crippen molar-refractivity contribution in [3.8, 4) is 11.9 Å². The highest BCUT2D eigenvalue weighted by atomic mass is 16.5. The van der Waals surface area contributed by atoms with E-state index < -0.39 is 5.97 Å². The number of aryl methyl sites for hydroxylation is 1. The number of hydrogen-bond acceptors (Lipinski definition) is 6. The number of hydrogen-bond donors (Lipinski definition) is 1. The number of carboxylic acids is 1. The summed E-state index contributed by atoms with van der Waals surface area (Å²) in [7, 11) is 1.70. The lowest BCUT2D eigenvalue weighted by atomic mass is 10.2. The van der Waals surface area contributed by atoms with Crippen molar-refractivity contribution in [2.75, 3.05) is 0 Å². The predicted molar refractivity (Wildman–Crippen MR) is 67.6 cm³/mol. The lowest BCUT2D eigenvalue weighted by molar-refractivity contribution is 0.0683. The highest BCUT2D eigenvalue weighted by Gasteiger charge is 2.15. The van der Waals surface area contributed by atoms with Crippen LogP contribution in [0, 0.1) is 0 Å². The molecule has 1 aromatic carbocycles. The second-order valence-corrected chi connectivity index (χ2v) is 3.98. The van der Waals surface area contributed by atoms with Crippen LogP contribution in [-0.2, 0) is 7.05 Å². The van der Waals surface area contributed by atoms with Gasteiger partial charge in [-0.1, -0.05) is 12.1 Å². The summed E-state index contributed by atoms with van der Waals surface area (Å²) in [5.41, 5.74) is 0.478. The predicted octanol–water partition coefficient (Wildman–Crippen LogP) is 1.25. The average Bonchev–Trinajstić information content (AvgIpc) is 2.84. The molecule has 2 heterocycles. The van der Waals surface area contributed by atoms with Gasteiger partial charge in [-0.3, -0.25) is 4.68 Å². The lowest BCUT2D eigenvalue weighted by Crippen LogP contribution is -2.06. The summed E-state index contributed by atoms with van der Waals surface area (Å²) >= 11 is 0. The molecule has 100 valence electrons. The number of carboxylic acid groups (broad SMARTS) is 1. The van der Waals surface area contributed by atoms with Crippen LogP contribution in [-0.4, -0.2) is 35.8 Å². The van der Waals surface area contributed by atoms with Gasteiger partial charge in [0.15, 0.2) is 0 Å². The minimum absolute atomic E-state index is 0.0905. The summed E-state index contributed by atoms with van der Waals surface area (Å²) in [5.74, 6) is -1.46. The second-order valence-electron chi connectivity index (χ2n) is 3.98. The van der Waals surface area contributed by atoms with Crippen molar-refractivity contribution >= 4 is 16.9 Å². The molecule has 3 rings (SSSR count). The third-order valence-electron chi connectivity index (χ3n) is 2.53. The van der Waals surface area contributed by atoms with Crippen LogP contribution in [0.25, 0.3) is 10.9 Å². The number of ether oxygens (including phenoxy) is 1. The van der Waals surface area contributed by atoms with Crippen molar-refractivity contribution in [3.05, 3.63) is 36.4 Å². The Kier molecular flexibility index (Phi) is 2.75. The van der Waals surface area contributed by atoms with E-state index in [-0.39, 0.29) is 17.7 Å². The van der Waals surface area contributed by atoms with Crippen LogP contribution in [0.1, 0.15) is 10.6 Å². The molecule has 8 nitrogen and oxygen atoms in total. The third-order valence-corrected chi connectivity index (χ3v) is 2.53. The van der Waals surface area contributed by atoms with Crippen LogP contribution in [0.4, 0.5) is 0 Å². The van der Waals surface area contributed by atoms with E-state index in [1.54, 1.807) is 31.3 Å². The van der Waals surface area contributed by atoms with E-state index in [1.807, 2.05) is 0 Å². The SMILES string of the molecule is Cn1cnc(Oc2nc(C(=O)O)nc3ccccc23)n1. The van der Waals surface area contributed by atoms with Crippen LogP contribution in [0.15, 0.2) is 30.6 Å². The monoisotopic (exact) mass is 271 g/mol. The van der Waals surface area contributed by atoms with Crippen molar-refractivity contribution in [1.82, 2.24) is 24.7 Å². The third kappa shape index (κ3) is 2.14. The van der Waals surface area contributed by atoms with E-state index in [0.29, 0.717) is 10.9 Å². The fourth-order valence-electron chi connectivity index (χ4n) is 1.67. The number of nitrogens with zero attached hydrogens (tertiary/aromatic N) is 5. The van der Waals surface area contributed by atoms with Crippen molar-refractivity contribution < 1.29 is 14.6 Å². The Hall–Kier alpha value is -3.03. The first kappa shape index (κ1) is 12.0. The van der Waals surface area contributed by atoms with Gasteiger partial charge in [-0.2, -0.15) is 9.97 Å². The Balaban J connectivity index is 2.14. The summed E-state index contributed by atoms with van der Waals surface area (Å²) in [5, 5.41) is 13.6. The first-order chi connectivity index (χ1) is 9.63. The van der Waals surface area contributed by atoms with Gasteiger partial charge in [0.1, 0.15) is 6.33 Å². The lowest BCUT2D eigenvalue weighted by Gasteiger charge is -2.05. The van der Waals surface area contributed by atoms with Crippen molar-refractivity contribution in [2.45, 2.75) is 0 Å². The number of carbonyl (C=O) groups is 1. The van der Waals surface area contributed by atoms with Crippen LogP contribution in [0.3, 0.4) is 0 Å².